The quantitative estimate of drug-likeness (QED) is 0.332. The Labute approximate surface area is 148 Å². The lowest BCUT2D eigenvalue weighted by atomic mass is 10.1. The molecule has 0 radical (unpaired) electrons. The number of anilines is 1. The molecule has 0 bridgehead atoms. The Bertz CT molecular complexity index is 934. The first-order valence-electron chi connectivity index (χ1n) is 6.77. The van der Waals surface area contributed by atoms with Crippen LogP contribution in [0.2, 0.25) is 0 Å². The number of carboxylic acids is 2. The van der Waals surface area contributed by atoms with Gasteiger partial charge in [0.1, 0.15) is 0 Å². The summed E-state index contributed by atoms with van der Waals surface area (Å²) in [5.74, 6) is 2.20. The minimum Gasteiger partial charge on any atom is -0.478 e. The van der Waals surface area contributed by atoms with Crippen LogP contribution in [0.3, 0.4) is 0 Å². The molecule has 0 fully saturated rings. The molecule has 0 amide bonds. The Morgan fingerprint density at radius 1 is 0.923 bits per heavy atom. The lowest BCUT2D eigenvalue weighted by Crippen LogP contribution is -1.99. The van der Waals surface area contributed by atoms with Gasteiger partial charge in [-0.3, -0.25) is 10.1 Å². The van der Waals surface area contributed by atoms with Crippen LogP contribution in [-0.2, 0) is 0 Å². The van der Waals surface area contributed by atoms with Crippen molar-refractivity contribution in [3.05, 3.63) is 68.8 Å². The molecule has 2 rings (SSSR count). The van der Waals surface area contributed by atoms with E-state index in [4.69, 9.17) is 28.8 Å². The predicted molar refractivity (Wildman–Crippen MR) is 93.7 cm³/mol. The number of carboxylic acid groups (broad SMARTS) is 2. The number of nitrogens with zero attached hydrogens (tertiary/aromatic N) is 1. The molecule has 0 saturated heterocycles. The molecule has 0 spiro atoms. The fraction of sp³-hybridized carbons (Fsp3) is 0. The van der Waals surface area contributed by atoms with Crippen LogP contribution in [0.5, 0.6) is 0 Å². The van der Waals surface area contributed by atoms with Crippen LogP contribution in [0.25, 0.3) is 0 Å². The number of terminal acetylenes is 2. The van der Waals surface area contributed by atoms with E-state index >= 15 is 0 Å². The maximum atomic E-state index is 10.6. The van der Waals surface area contributed by atoms with Crippen LogP contribution in [-0.4, -0.2) is 27.1 Å². The fourth-order valence-corrected chi connectivity index (χ4v) is 1.78. The van der Waals surface area contributed by atoms with Gasteiger partial charge in [0.25, 0.3) is 5.69 Å². The van der Waals surface area contributed by atoms with Gasteiger partial charge in [-0.15, -0.1) is 12.8 Å². The van der Waals surface area contributed by atoms with Crippen LogP contribution in [0.15, 0.2) is 36.4 Å². The summed E-state index contributed by atoms with van der Waals surface area (Å²) in [6, 6.07) is 7.62. The average molecular weight is 352 g/mol. The van der Waals surface area contributed by atoms with E-state index in [1.807, 2.05) is 0 Å². The number of rotatable bonds is 3. The molecule has 0 aliphatic heterocycles. The summed E-state index contributed by atoms with van der Waals surface area (Å²) in [5, 5.41) is 27.6. The topological polar surface area (TPSA) is 144 Å². The van der Waals surface area contributed by atoms with Crippen molar-refractivity contribution < 1.29 is 24.7 Å². The number of nitro groups is 1. The highest BCUT2D eigenvalue weighted by Crippen LogP contribution is 2.16. The van der Waals surface area contributed by atoms with Gasteiger partial charge >= 0.3 is 11.9 Å². The molecule has 0 unspecified atom stereocenters. The van der Waals surface area contributed by atoms with Crippen molar-refractivity contribution in [1.82, 2.24) is 0 Å². The van der Waals surface area contributed by atoms with E-state index < -0.39 is 16.9 Å². The maximum Gasteiger partial charge on any atom is 0.335 e. The third-order valence-electron chi connectivity index (χ3n) is 2.91. The second kappa shape index (κ2) is 8.52. The van der Waals surface area contributed by atoms with Crippen LogP contribution >= 0.6 is 0 Å². The summed E-state index contributed by atoms with van der Waals surface area (Å²) >= 11 is 0. The molecule has 0 aromatic heterocycles. The van der Waals surface area contributed by atoms with Crippen molar-refractivity contribution in [1.29, 1.82) is 0 Å². The highest BCUT2D eigenvalue weighted by Gasteiger charge is 2.12. The van der Waals surface area contributed by atoms with Crippen LogP contribution < -0.4 is 5.73 Å². The first kappa shape index (κ1) is 19.7. The second-order valence-corrected chi connectivity index (χ2v) is 4.77. The van der Waals surface area contributed by atoms with Crippen molar-refractivity contribution in [3.8, 4) is 24.7 Å². The van der Waals surface area contributed by atoms with E-state index in [-0.39, 0.29) is 22.4 Å². The van der Waals surface area contributed by atoms with E-state index in [2.05, 4.69) is 11.8 Å². The first-order valence-corrected chi connectivity index (χ1v) is 6.77. The Kier molecular flexibility index (Phi) is 6.47. The van der Waals surface area contributed by atoms with Crippen molar-refractivity contribution >= 4 is 23.3 Å². The standard InChI is InChI=1S/C9H5NO4.C9H7NO2/c1-2-6-3-7(9(11)12)5-8(4-6)10(13)14;1-2-6-3-7(9(11)12)5-8(10)4-6/h1,3-5H,(H,11,12);1,3-5H,10H2,(H,11,12). The Hall–Kier alpha value is -4.30. The molecule has 130 valence electrons. The van der Waals surface area contributed by atoms with Crippen molar-refractivity contribution in [2.24, 2.45) is 0 Å². The van der Waals surface area contributed by atoms with Gasteiger partial charge in [0.15, 0.2) is 0 Å². The number of hydrogen-bond acceptors (Lipinski definition) is 5. The van der Waals surface area contributed by atoms with Gasteiger partial charge in [-0.1, -0.05) is 11.8 Å². The predicted octanol–water partition coefficient (Wildman–Crippen LogP) is 2.22. The minimum absolute atomic E-state index is 0.114. The molecule has 0 aliphatic rings. The van der Waals surface area contributed by atoms with Gasteiger partial charge in [0.2, 0.25) is 0 Å². The normalized spacial score (nSPS) is 9.00. The smallest absolute Gasteiger partial charge is 0.335 e. The van der Waals surface area contributed by atoms with Crippen LogP contribution in [0, 0.1) is 34.8 Å². The van der Waals surface area contributed by atoms with E-state index in [0.717, 1.165) is 12.1 Å². The highest BCUT2D eigenvalue weighted by atomic mass is 16.6. The highest BCUT2D eigenvalue weighted by molar-refractivity contribution is 5.89. The van der Waals surface area contributed by atoms with Crippen molar-refractivity contribution in [2.75, 3.05) is 5.73 Å². The van der Waals surface area contributed by atoms with E-state index in [1.165, 1.54) is 18.2 Å². The molecule has 2 aromatic carbocycles. The number of non-ortho nitro benzene ring substituents is 1. The van der Waals surface area contributed by atoms with Crippen molar-refractivity contribution in [3.63, 3.8) is 0 Å². The van der Waals surface area contributed by atoms with Gasteiger partial charge in [0.05, 0.1) is 16.1 Å². The van der Waals surface area contributed by atoms with Crippen molar-refractivity contribution in [2.45, 2.75) is 0 Å². The molecular formula is C18H12N2O6. The number of nitrogens with two attached hydrogens (primary N) is 1. The fourth-order valence-electron chi connectivity index (χ4n) is 1.78. The van der Waals surface area contributed by atoms with E-state index in [1.54, 1.807) is 6.07 Å². The molecule has 2 aromatic rings. The molecular weight excluding hydrogens is 340 g/mol. The van der Waals surface area contributed by atoms with Gasteiger partial charge in [-0.2, -0.15) is 0 Å². The SMILES string of the molecule is C#Cc1cc(C(=O)O)cc([N+](=O)[O-])c1.C#Cc1cc(N)cc(C(=O)O)c1. The largest absolute Gasteiger partial charge is 0.478 e. The zero-order valence-electron chi connectivity index (χ0n) is 13.2. The summed E-state index contributed by atoms with van der Waals surface area (Å²) in [7, 11) is 0. The number of nitro benzene ring substituents is 1. The maximum absolute atomic E-state index is 10.6. The molecule has 4 N–H and O–H groups in total. The number of carbonyl (C=O) groups is 2. The Morgan fingerprint density at radius 3 is 1.81 bits per heavy atom. The summed E-state index contributed by atoms with van der Waals surface area (Å²) < 4.78 is 0. The molecule has 0 atom stereocenters. The summed E-state index contributed by atoms with van der Waals surface area (Å²) in [5.41, 5.74) is 6.04. The molecule has 26 heavy (non-hydrogen) atoms. The Balaban J connectivity index is 0.000000263. The Morgan fingerprint density at radius 2 is 1.38 bits per heavy atom. The monoisotopic (exact) mass is 352 g/mol. The summed E-state index contributed by atoms with van der Waals surface area (Å²) in [4.78, 5) is 30.8. The zero-order chi connectivity index (χ0) is 19.9. The minimum atomic E-state index is -1.25. The lowest BCUT2D eigenvalue weighted by Gasteiger charge is -1.98. The van der Waals surface area contributed by atoms with E-state index in [0.29, 0.717) is 11.3 Å². The molecule has 0 aliphatic carbocycles. The van der Waals surface area contributed by atoms with Gasteiger partial charge in [-0.25, -0.2) is 9.59 Å². The third-order valence-corrected chi connectivity index (χ3v) is 2.91. The number of benzene rings is 2. The summed E-state index contributed by atoms with van der Waals surface area (Å²) in [6.07, 6.45) is 10.1. The molecule has 8 nitrogen and oxygen atoms in total. The number of hydrogen-bond donors (Lipinski definition) is 3. The number of aromatic carboxylic acids is 2. The van der Waals surface area contributed by atoms with Gasteiger partial charge < -0.3 is 15.9 Å². The molecule has 0 heterocycles. The second-order valence-electron chi connectivity index (χ2n) is 4.77. The first-order chi connectivity index (χ1) is 12.2. The zero-order valence-corrected chi connectivity index (χ0v) is 13.2. The van der Waals surface area contributed by atoms with Crippen LogP contribution in [0.4, 0.5) is 11.4 Å². The van der Waals surface area contributed by atoms with Gasteiger partial charge in [-0.05, 0) is 24.3 Å². The average Bonchev–Trinajstić information content (AvgIpc) is 2.60. The third kappa shape index (κ3) is 5.41. The lowest BCUT2D eigenvalue weighted by molar-refractivity contribution is -0.384. The molecule has 8 heteroatoms. The van der Waals surface area contributed by atoms with E-state index in [9.17, 15) is 19.7 Å². The summed E-state index contributed by atoms with van der Waals surface area (Å²) in [6.45, 7) is 0. The number of nitrogen functional groups attached to an aromatic ring is 1. The van der Waals surface area contributed by atoms with Crippen LogP contribution in [0.1, 0.15) is 31.8 Å². The molecule has 0 saturated carbocycles. The van der Waals surface area contributed by atoms with Gasteiger partial charge in [0, 0.05) is 28.9 Å².